The average Bonchev–Trinajstić information content (AvgIpc) is 2.16. The highest BCUT2D eigenvalue weighted by Crippen LogP contribution is 2.24. The van der Waals surface area contributed by atoms with Crippen molar-refractivity contribution in [3.63, 3.8) is 0 Å². The van der Waals surface area contributed by atoms with E-state index in [1.54, 1.807) is 5.57 Å². The van der Waals surface area contributed by atoms with Crippen molar-refractivity contribution in [2.45, 2.75) is 46.5 Å². The molecule has 0 unspecified atom stereocenters. The summed E-state index contributed by atoms with van der Waals surface area (Å²) in [6.45, 7) is 11.0. The lowest BCUT2D eigenvalue weighted by Gasteiger charge is -2.18. The molecule has 0 heterocycles. The Bertz CT molecular complexity index is 266. The van der Waals surface area contributed by atoms with Gasteiger partial charge < -0.3 is 0 Å². The lowest BCUT2D eigenvalue weighted by atomic mass is 9.88. The van der Waals surface area contributed by atoms with Crippen molar-refractivity contribution in [2.75, 3.05) is 0 Å². The van der Waals surface area contributed by atoms with Gasteiger partial charge in [-0.3, -0.25) is 0 Å². The van der Waals surface area contributed by atoms with Crippen LogP contribution in [-0.4, -0.2) is 0 Å². The van der Waals surface area contributed by atoms with Crippen LogP contribution in [0.1, 0.15) is 46.5 Å². The zero-order valence-corrected chi connectivity index (χ0v) is 10.4. The van der Waals surface area contributed by atoms with Gasteiger partial charge in [0.05, 0.1) is 0 Å². The Morgan fingerprint density at radius 2 is 2.07 bits per heavy atom. The Morgan fingerprint density at radius 3 is 2.73 bits per heavy atom. The van der Waals surface area contributed by atoms with Crippen LogP contribution in [0.25, 0.3) is 0 Å². The summed E-state index contributed by atoms with van der Waals surface area (Å²) in [6, 6.07) is 0. The molecular weight excluding hydrogens is 180 g/mol. The minimum absolute atomic E-state index is 0.711. The molecule has 0 aromatic carbocycles. The first-order chi connectivity index (χ1) is 7.09. The summed E-state index contributed by atoms with van der Waals surface area (Å²) < 4.78 is 0. The molecule has 84 valence electrons. The van der Waals surface area contributed by atoms with Crippen LogP contribution < -0.4 is 0 Å². The van der Waals surface area contributed by atoms with Crippen LogP contribution in [0.2, 0.25) is 0 Å². The Morgan fingerprint density at radius 1 is 1.33 bits per heavy atom. The van der Waals surface area contributed by atoms with E-state index in [0.29, 0.717) is 5.92 Å². The van der Waals surface area contributed by atoms with E-state index in [-0.39, 0.29) is 0 Å². The third-order valence-corrected chi connectivity index (χ3v) is 3.27. The maximum Gasteiger partial charge on any atom is -0.0204 e. The third kappa shape index (κ3) is 4.51. The van der Waals surface area contributed by atoms with Crippen molar-refractivity contribution in [3.05, 3.63) is 36.0 Å². The van der Waals surface area contributed by atoms with E-state index in [4.69, 9.17) is 0 Å². The lowest BCUT2D eigenvalue weighted by Crippen LogP contribution is -2.06. The summed E-state index contributed by atoms with van der Waals surface area (Å²) in [4.78, 5) is 0. The summed E-state index contributed by atoms with van der Waals surface area (Å²) >= 11 is 0. The molecule has 0 saturated carbocycles. The van der Waals surface area contributed by atoms with E-state index in [9.17, 15) is 0 Å². The Hall–Kier alpha value is -0.780. The minimum atomic E-state index is 0.711. The van der Waals surface area contributed by atoms with Crippen molar-refractivity contribution >= 4 is 0 Å². The largest absolute Gasteiger partial charge is 0.0958 e. The molecule has 0 bridgehead atoms. The van der Waals surface area contributed by atoms with E-state index < -0.39 is 0 Å². The molecular formula is C15H24. The predicted octanol–water partition coefficient (Wildman–Crippen LogP) is 4.89. The van der Waals surface area contributed by atoms with E-state index in [1.807, 2.05) is 0 Å². The topological polar surface area (TPSA) is 0 Å². The summed E-state index contributed by atoms with van der Waals surface area (Å²) in [7, 11) is 0. The second kappa shape index (κ2) is 5.95. The molecule has 0 aromatic heterocycles. The second-order valence-electron chi connectivity index (χ2n) is 5.05. The molecule has 0 radical (unpaired) electrons. The molecule has 15 heavy (non-hydrogen) atoms. The van der Waals surface area contributed by atoms with Crippen molar-refractivity contribution < 1.29 is 0 Å². The van der Waals surface area contributed by atoms with Crippen LogP contribution in [0, 0.1) is 11.8 Å². The normalized spacial score (nSPS) is 24.1. The van der Waals surface area contributed by atoms with Gasteiger partial charge in [0.2, 0.25) is 0 Å². The van der Waals surface area contributed by atoms with Gasteiger partial charge in [0.1, 0.15) is 0 Å². The van der Waals surface area contributed by atoms with Gasteiger partial charge in [-0.15, -0.1) is 0 Å². The number of hydrogen-bond donors (Lipinski definition) is 0. The lowest BCUT2D eigenvalue weighted by molar-refractivity contribution is 0.435. The van der Waals surface area contributed by atoms with Crippen molar-refractivity contribution in [2.24, 2.45) is 11.8 Å². The molecule has 0 N–H and O–H groups in total. The Kier molecular flexibility index (Phi) is 4.87. The van der Waals surface area contributed by atoms with Crippen molar-refractivity contribution in [1.29, 1.82) is 0 Å². The first-order valence-electron chi connectivity index (χ1n) is 6.11. The van der Waals surface area contributed by atoms with Crippen LogP contribution in [0.15, 0.2) is 36.0 Å². The third-order valence-electron chi connectivity index (χ3n) is 3.27. The zero-order chi connectivity index (χ0) is 11.3. The van der Waals surface area contributed by atoms with Gasteiger partial charge >= 0.3 is 0 Å². The van der Waals surface area contributed by atoms with E-state index in [0.717, 1.165) is 18.8 Å². The zero-order valence-electron chi connectivity index (χ0n) is 10.4. The van der Waals surface area contributed by atoms with Crippen LogP contribution in [0.3, 0.4) is 0 Å². The van der Waals surface area contributed by atoms with Crippen LogP contribution in [0.5, 0.6) is 0 Å². The fraction of sp³-hybridized carbons (Fsp3) is 0.600. The fourth-order valence-corrected chi connectivity index (χ4v) is 2.00. The second-order valence-corrected chi connectivity index (χ2v) is 5.05. The summed E-state index contributed by atoms with van der Waals surface area (Å²) in [5.41, 5.74) is 2.82. The van der Waals surface area contributed by atoms with Crippen molar-refractivity contribution in [3.8, 4) is 0 Å². The molecule has 1 aliphatic carbocycles. The highest BCUT2D eigenvalue weighted by Gasteiger charge is 2.10. The highest BCUT2D eigenvalue weighted by molar-refractivity contribution is 5.17. The maximum atomic E-state index is 4.09. The van der Waals surface area contributed by atoms with E-state index >= 15 is 0 Å². The Labute approximate surface area is 94.8 Å². The summed E-state index contributed by atoms with van der Waals surface area (Å²) in [5, 5.41) is 0. The standard InChI is InChI=1S/C15H24/c1-12(2)15-10-8-13(3)6-5-7-14(4)9-11-15/h7-8,10,12,15H,3,5-6,9,11H2,1-2,4H3/t15-/m0/s1. The number of allylic oxidation sites excluding steroid dienone is 5. The van der Waals surface area contributed by atoms with Crippen molar-refractivity contribution in [1.82, 2.24) is 0 Å². The van der Waals surface area contributed by atoms with Crippen LogP contribution in [-0.2, 0) is 0 Å². The highest BCUT2D eigenvalue weighted by atomic mass is 14.2. The Balaban J connectivity index is 2.70. The van der Waals surface area contributed by atoms with Gasteiger partial charge in [-0.1, -0.05) is 49.8 Å². The van der Waals surface area contributed by atoms with Gasteiger partial charge in [-0.25, -0.2) is 0 Å². The average molecular weight is 204 g/mol. The molecule has 0 spiro atoms. The first-order valence-corrected chi connectivity index (χ1v) is 6.11. The van der Waals surface area contributed by atoms with E-state index in [2.05, 4.69) is 45.6 Å². The monoisotopic (exact) mass is 204 g/mol. The number of rotatable bonds is 1. The molecule has 0 fully saturated rings. The molecule has 0 heteroatoms. The SMILES string of the molecule is C=C1C=C[C@H](C(C)C)CCC(C)=CCC1. The van der Waals surface area contributed by atoms with Crippen LogP contribution >= 0.6 is 0 Å². The first kappa shape index (κ1) is 12.3. The minimum Gasteiger partial charge on any atom is -0.0958 e. The van der Waals surface area contributed by atoms with Gasteiger partial charge in [-0.2, -0.15) is 0 Å². The fourth-order valence-electron chi connectivity index (χ4n) is 2.00. The summed E-state index contributed by atoms with van der Waals surface area (Å²) in [6.07, 6.45) is 11.8. The molecule has 1 aliphatic rings. The van der Waals surface area contributed by atoms with E-state index in [1.165, 1.54) is 18.4 Å². The quantitative estimate of drug-likeness (QED) is 0.533. The molecule has 1 atom stereocenters. The maximum absolute atomic E-state index is 4.09. The molecule has 1 rings (SSSR count). The smallest absolute Gasteiger partial charge is 0.0204 e. The number of hydrogen-bond acceptors (Lipinski definition) is 0. The predicted molar refractivity (Wildman–Crippen MR) is 68.8 cm³/mol. The molecule has 0 amide bonds. The summed E-state index contributed by atoms with van der Waals surface area (Å²) in [5.74, 6) is 1.45. The van der Waals surface area contributed by atoms with Gasteiger partial charge in [0.25, 0.3) is 0 Å². The molecule has 0 nitrogen and oxygen atoms in total. The van der Waals surface area contributed by atoms with Gasteiger partial charge in [-0.05, 0) is 44.4 Å². The van der Waals surface area contributed by atoms with Gasteiger partial charge in [0, 0.05) is 0 Å². The molecule has 0 aliphatic heterocycles. The molecule has 0 saturated heterocycles. The van der Waals surface area contributed by atoms with Crippen LogP contribution in [0.4, 0.5) is 0 Å². The molecule has 0 aromatic rings. The van der Waals surface area contributed by atoms with Gasteiger partial charge in [0.15, 0.2) is 0 Å².